The van der Waals surface area contributed by atoms with E-state index in [1.54, 1.807) is 0 Å². The molecular formula is C10H19NO2. The van der Waals surface area contributed by atoms with Gasteiger partial charge in [-0.25, -0.2) is 0 Å². The molecule has 1 saturated carbocycles. The molecule has 76 valence electrons. The summed E-state index contributed by atoms with van der Waals surface area (Å²) in [4.78, 5) is 10.7. The van der Waals surface area contributed by atoms with Gasteiger partial charge >= 0.3 is 5.97 Å². The first-order chi connectivity index (χ1) is 6.10. The van der Waals surface area contributed by atoms with Gasteiger partial charge < -0.3 is 10.8 Å². The van der Waals surface area contributed by atoms with Gasteiger partial charge in [-0.15, -0.1) is 0 Å². The number of carboxylic acids is 1. The second kappa shape index (κ2) is 4.09. The molecule has 0 aromatic carbocycles. The Hall–Kier alpha value is -0.570. The van der Waals surface area contributed by atoms with Crippen molar-refractivity contribution in [2.75, 3.05) is 6.54 Å². The smallest absolute Gasteiger partial charge is 0.303 e. The van der Waals surface area contributed by atoms with Crippen LogP contribution in [0.2, 0.25) is 0 Å². The minimum absolute atomic E-state index is 0.121. The third-order valence-corrected chi connectivity index (χ3v) is 3.52. The Labute approximate surface area is 79.3 Å². The number of nitrogens with two attached hydrogens (primary N) is 1. The van der Waals surface area contributed by atoms with Gasteiger partial charge in [0.15, 0.2) is 0 Å². The van der Waals surface area contributed by atoms with E-state index in [-0.39, 0.29) is 11.8 Å². The van der Waals surface area contributed by atoms with E-state index in [2.05, 4.69) is 6.92 Å². The zero-order valence-corrected chi connectivity index (χ0v) is 8.25. The molecule has 0 aliphatic heterocycles. The van der Waals surface area contributed by atoms with Crippen LogP contribution in [0, 0.1) is 11.3 Å². The van der Waals surface area contributed by atoms with Gasteiger partial charge in [-0.3, -0.25) is 4.79 Å². The van der Waals surface area contributed by atoms with Crippen molar-refractivity contribution >= 4 is 5.97 Å². The normalized spacial score (nSPS) is 34.5. The number of hydrogen-bond acceptors (Lipinski definition) is 2. The molecule has 0 aromatic rings. The molecule has 1 aliphatic rings. The van der Waals surface area contributed by atoms with E-state index < -0.39 is 5.97 Å². The molecule has 3 nitrogen and oxygen atoms in total. The van der Waals surface area contributed by atoms with Gasteiger partial charge in [-0.1, -0.05) is 26.2 Å². The summed E-state index contributed by atoms with van der Waals surface area (Å²) in [5.41, 5.74) is 5.59. The fourth-order valence-corrected chi connectivity index (χ4v) is 2.42. The Morgan fingerprint density at radius 1 is 1.62 bits per heavy atom. The highest BCUT2D eigenvalue weighted by Gasteiger charge is 2.38. The molecular weight excluding hydrogens is 166 g/mol. The predicted molar refractivity (Wildman–Crippen MR) is 51.4 cm³/mol. The molecule has 3 heteroatoms. The lowest BCUT2D eigenvalue weighted by Gasteiger charge is -2.40. The van der Waals surface area contributed by atoms with E-state index in [1.807, 2.05) is 0 Å². The highest BCUT2D eigenvalue weighted by atomic mass is 16.4. The standard InChI is InChI=1S/C10H19NO2/c1-8-4-2-3-5-10(8,7-11)6-9(12)13/h8H,2-7,11H2,1H3,(H,12,13)/t8-,10+/m0/s1. The number of hydrogen-bond donors (Lipinski definition) is 2. The van der Waals surface area contributed by atoms with E-state index in [4.69, 9.17) is 10.8 Å². The molecule has 0 heterocycles. The van der Waals surface area contributed by atoms with Crippen LogP contribution in [0.15, 0.2) is 0 Å². The molecule has 0 unspecified atom stereocenters. The molecule has 1 rings (SSSR count). The summed E-state index contributed by atoms with van der Waals surface area (Å²) in [6, 6.07) is 0. The molecule has 0 radical (unpaired) electrons. The van der Waals surface area contributed by atoms with E-state index in [9.17, 15) is 4.79 Å². The van der Waals surface area contributed by atoms with Crippen LogP contribution in [0.4, 0.5) is 0 Å². The molecule has 1 aliphatic carbocycles. The van der Waals surface area contributed by atoms with Crippen LogP contribution < -0.4 is 5.73 Å². The third-order valence-electron chi connectivity index (χ3n) is 3.52. The fraction of sp³-hybridized carbons (Fsp3) is 0.900. The largest absolute Gasteiger partial charge is 0.481 e. The lowest BCUT2D eigenvalue weighted by Crippen LogP contribution is -2.40. The van der Waals surface area contributed by atoms with Gasteiger partial charge in [0.2, 0.25) is 0 Å². The van der Waals surface area contributed by atoms with E-state index in [0.29, 0.717) is 12.5 Å². The van der Waals surface area contributed by atoms with Crippen LogP contribution in [-0.4, -0.2) is 17.6 Å². The molecule has 0 amide bonds. The van der Waals surface area contributed by atoms with Crippen molar-refractivity contribution in [3.63, 3.8) is 0 Å². The Morgan fingerprint density at radius 3 is 2.77 bits per heavy atom. The number of aliphatic carboxylic acids is 1. The average molecular weight is 185 g/mol. The summed E-state index contributed by atoms with van der Waals surface area (Å²) in [6.45, 7) is 2.65. The molecule has 0 aromatic heterocycles. The van der Waals surface area contributed by atoms with E-state index in [0.717, 1.165) is 19.3 Å². The predicted octanol–water partition coefficient (Wildman–Crippen LogP) is 1.62. The van der Waals surface area contributed by atoms with Gasteiger partial charge in [0.25, 0.3) is 0 Å². The van der Waals surface area contributed by atoms with Crippen LogP contribution in [0.1, 0.15) is 39.0 Å². The van der Waals surface area contributed by atoms with Crippen molar-refractivity contribution in [3.8, 4) is 0 Å². The van der Waals surface area contributed by atoms with E-state index in [1.165, 1.54) is 6.42 Å². The van der Waals surface area contributed by atoms with Crippen molar-refractivity contribution < 1.29 is 9.90 Å². The van der Waals surface area contributed by atoms with Crippen LogP contribution >= 0.6 is 0 Å². The molecule has 3 N–H and O–H groups in total. The van der Waals surface area contributed by atoms with Gasteiger partial charge in [0.05, 0.1) is 6.42 Å². The third kappa shape index (κ3) is 2.21. The van der Waals surface area contributed by atoms with Crippen molar-refractivity contribution in [3.05, 3.63) is 0 Å². The SMILES string of the molecule is C[C@H]1CCCC[C@]1(CN)CC(=O)O. The summed E-state index contributed by atoms with van der Waals surface area (Å²) in [7, 11) is 0. The number of carbonyl (C=O) groups is 1. The number of rotatable bonds is 3. The lowest BCUT2D eigenvalue weighted by atomic mass is 9.65. The van der Waals surface area contributed by atoms with Gasteiger partial charge in [0.1, 0.15) is 0 Å². The molecule has 13 heavy (non-hydrogen) atoms. The molecule has 2 atom stereocenters. The van der Waals surface area contributed by atoms with Crippen LogP contribution in [0.25, 0.3) is 0 Å². The Morgan fingerprint density at radius 2 is 2.31 bits per heavy atom. The minimum Gasteiger partial charge on any atom is -0.481 e. The lowest BCUT2D eigenvalue weighted by molar-refractivity contribution is -0.141. The summed E-state index contributed by atoms with van der Waals surface area (Å²) < 4.78 is 0. The minimum atomic E-state index is -0.709. The van der Waals surface area contributed by atoms with E-state index >= 15 is 0 Å². The highest BCUT2D eigenvalue weighted by Crippen LogP contribution is 2.42. The zero-order valence-electron chi connectivity index (χ0n) is 8.25. The molecule has 0 bridgehead atoms. The maximum absolute atomic E-state index is 10.7. The highest BCUT2D eigenvalue weighted by molar-refractivity contribution is 5.67. The van der Waals surface area contributed by atoms with Crippen molar-refractivity contribution in [2.45, 2.75) is 39.0 Å². The van der Waals surface area contributed by atoms with Gasteiger partial charge in [0, 0.05) is 0 Å². The fourth-order valence-electron chi connectivity index (χ4n) is 2.42. The van der Waals surface area contributed by atoms with Crippen LogP contribution in [0.5, 0.6) is 0 Å². The van der Waals surface area contributed by atoms with Gasteiger partial charge in [-0.2, -0.15) is 0 Å². The van der Waals surface area contributed by atoms with Crippen molar-refractivity contribution in [1.82, 2.24) is 0 Å². The number of carboxylic acid groups (broad SMARTS) is 1. The first-order valence-electron chi connectivity index (χ1n) is 5.02. The van der Waals surface area contributed by atoms with Crippen molar-refractivity contribution in [2.24, 2.45) is 17.1 Å². The summed E-state index contributed by atoms with van der Waals surface area (Å²) in [6.07, 6.45) is 4.71. The summed E-state index contributed by atoms with van der Waals surface area (Å²) >= 11 is 0. The Kier molecular flexibility index (Phi) is 3.31. The molecule has 0 spiro atoms. The van der Waals surface area contributed by atoms with Crippen LogP contribution in [-0.2, 0) is 4.79 Å². The second-order valence-electron chi connectivity index (χ2n) is 4.28. The second-order valence-corrected chi connectivity index (χ2v) is 4.28. The zero-order chi connectivity index (χ0) is 9.90. The molecule has 0 saturated heterocycles. The van der Waals surface area contributed by atoms with Gasteiger partial charge in [-0.05, 0) is 24.3 Å². The maximum atomic E-state index is 10.7. The first-order valence-corrected chi connectivity index (χ1v) is 5.02. The quantitative estimate of drug-likeness (QED) is 0.702. The van der Waals surface area contributed by atoms with Crippen molar-refractivity contribution in [1.29, 1.82) is 0 Å². The Balaban J connectivity index is 2.69. The maximum Gasteiger partial charge on any atom is 0.303 e. The van der Waals surface area contributed by atoms with Crippen LogP contribution in [0.3, 0.4) is 0 Å². The summed E-state index contributed by atoms with van der Waals surface area (Å²) in [5, 5.41) is 8.82. The monoisotopic (exact) mass is 185 g/mol. The topological polar surface area (TPSA) is 63.3 Å². The Bertz CT molecular complexity index is 193. The first kappa shape index (κ1) is 10.5. The molecule has 1 fully saturated rings. The average Bonchev–Trinajstić information content (AvgIpc) is 2.08. The summed E-state index contributed by atoms with van der Waals surface area (Å²) in [5.74, 6) is -0.249.